The molecule has 4 N–H and O–H groups in total. The lowest BCUT2D eigenvalue weighted by molar-refractivity contribution is 0.102. The molecule has 2 rings (SSSR count). The quantitative estimate of drug-likeness (QED) is 0.578. The van der Waals surface area contributed by atoms with Crippen molar-refractivity contribution in [2.45, 2.75) is 26.7 Å². The van der Waals surface area contributed by atoms with Gasteiger partial charge in [-0.25, -0.2) is 5.84 Å². The summed E-state index contributed by atoms with van der Waals surface area (Å²) in [4.78, 5) is 12.3. The third-order valence-corrected chi connectivity index (χ3v) is 3.28. The van der Waals surface area contributed by atoms with Crippen molar-refractivity contribution in [1.82, 2.24) is 10.2 Å². The van der Waals surface area contributed by atoms with Crippen molar-refractivity contribution in [3.05, 3.63) is 47.2 Å². The number of hydrazine groups is 1. The smallest absolute Gasteiger partial charge is 0.276 e. The molecule has 0 bridgehead atoms. The van der Waals surface area contributed by atoms with E-state index in [0.717, 1.165) is 29.7 Å². The minimum Gasteiger partial charge on any atom is -0.320 e. The summed E-state index contributed by atoms with van der Waals surface area (Å²) in [7, 11) is 0. The highest BCUT2D eigenvalue weighted by Crippen LogP contribution is 2.23. The summed E-state index contributed by atoms with van der Waals surface area (Å²) in [6.07, 6.45) is 1.70. The number of nitrogens with one attached hydrogen (secondary N) is 2. The van der Waals surface area contributed by atoms with Crippen LogP contribution in [0.1, 0.15) is 35.5 Å². The van der Waals surface area contributed by atoms with Crippen LogP contribution in [0.3, 0.4) is 0 Å². The Labute approximate surface area is 123 Å². The molecule has 0 radical (unpaired) electrons. The molecule has 0 atom stereocenters. The van der Waals surface area contributed by atoms with Gasteiger partial charge in [0, 0.05) is 5.69 Å². The summed E-state index contributed by atoms with van der Waals surface area (Å²) < 4.78 is 0. The number of carbonyl (C=O) groups excluding carboxylic acids is 1. The van der Waals surface area contributed by atoms with E-state index in [9.17, 15) is 4.79 Å². The average molecular weight is 285 g/mol. The van der Waals surface area contributed by atoms with Gasteiger partial charge in [-0.2, -0.15) is 0 Å². The van der Waals surface area contributed by atoms with E-state index in [1.54, 1.807) is 12.1 Å². The van der Waals surface area contributed by atoms with Crippen LogP contribution in [-0.2, 0) is 12.8 Å². The number of para-hydroxylation sites is 1. The maximum Gasteiger partial charge on any atom is 0.276 e. The fourth-order valence-corrected chi connectivity index (χ4v) is 2.11. The van der Waals surface area contributed by atoms with Gasteiger partial charge in [0.25, 0.3) is 5.91 Å². The van der Waals surface area contributed by atoms with E-state index in [4.69, 9.17) is 5.84 Å². The number of nitrogen functional groups attached to an aromatic ring is 1. The van der Waals surface area contributed by atoms with Crippen LogP contribution in [0.2, 0.25) is 0 Å². The molecular weight excluding hydrogens is 266 g/mol. The zero-order valence-electron chi connectivity index (χ0n) is 12.2. The Morgan fingerprint density at radius 3 is 2.24 bits per heavy atom. The average Bonchev–Trinajstić information content (AvgIpc) is 2.55. The Hall–Kier alpha value is -2.47. The van der Waals surface area contributed by atoms with Crippen molar-refractivity contribution in [1.29, 1.82) is 0 Å². The molecule has 0 saturated carbocycles. The second-order valence-electron chi connectivity index (χ2n) is 4.56. The number of nitrogens with two attached hydrogens (primary N) is 1. The summed E-state index contributed by atoms with van der Waals surface area (Å²) in [5, 5.41) is 10.6. The molecular formula is C15H19N5O. The molecule has 1 aromatic carbocycles. The standard InChI is InChI=1S/C15H19N5O/c1-3-10-6-5-7-11(4-2)14(10)17-15(21)12-8-9-13(18-16)20-19-12/h5-9H,3-4,16H2,1-2H3,(H,17,21)(H,18,20). The van der Waals surface area contributed by atoms with Crippen molar-refractivity contribution in [2.24, 2.45) is 5.84 Å². The molecule has 0 aliphatic carbocycles. The van der Waals surface area contributed by atoms with Gasteiger partial charge in [-0.15, -0.1) is 10.2 Å². The normalized spacial score (nSPS) is 10.2. The van der Waals surface area contributed by atoms with E-state index in [0.29, 0.717) is 5.82 Å². The molecule has 0 aliphatic rings. The van der Waals surface area contributed by atoms with Crippen LogP contribution in [-0.4, -0.2) is 16.1 Å². The highest BCUT2D eigenvalue weighted by Gasteiger charge is 2.13. The van der Waals surface area contributed by atoms with Gasteiger partial charge in [0.15, 0.2) is 11.5 Å². The largest absolute Gasteiger partial charge is 0.320 e. The monoisotopic (exact) mass is 285 g/mol. The maximum absolute atomic E-state index is 12.3. The zero-order valence-corrected chi connectivity index (χ0v) is 12.2. The van der Waals surface area contributed by atoms with Gasteiger partial charge in [0.05, 0.1) is 0 Å². The molecule has 110 valence electrons. The number of hydrogen-bond acceptors (Lipinski definition) is 5. The van der Waals surface area contributed by atoms with Crippen LogP contribution in [0.25, 0.3) is 0 Å². The molecule has 0 fully saturated rings. The number of aryl methyl sites for hydroxylation is 2. The minimum atomic E-state index is -0.276. The number of benzene rings is 1. The van der Waals surface area contributed by atoms with E-state index in [-0.39, 0.29) is 11.6 Å². The predicted octanol–water partition coefficient (Wildman–Crippen LogP) is 2.14. The van der Waals surface area contributed by atoms with Crippen molar-refractivity contribution < 1.29 is 4.79 Å². The van der Waals surface area contributed by atoms with Gasteiger partial charge in [-0.3, -0.25) is 4.79 Å². The summed E-state index contributed by atoms with van der Waals surface area (Å²) in [5.74, 6) is 5.36. The Bertz CT molecular complexity index is 602. The molecule has 6 nitrogen and oxygen atoms in total. The minimum absolute atomic E-state index is 0.252. The highest BCUT2D eigenvalue weighted by molar-refractivity contribution is 6.03. The molecule has 6 heteroatoms. The zero-order chi connectivity index (χ0) is 15.2. The van der Waals surface area contributed by atoms with E-state index >= 15 is 0 Å². The van der Waals surface area contributed by atoms with Crippen LogP contribution in [0.4, 0.5) is 11.5 Å². The molecule has 0 spiro atoms. The van der Waals surface area contributed by atoms with Crippen LogP contribution in [0, 0.1) is 0 Å². The van der Waals surface area contributed by atoms with E-state index < -0.39 is 0 Å². The Balaban J connectivity index is 2.26. The number of aromatic nitrogens is 2. The number of hydrogen-bond donors (Lipinski definition) is 3. The lowest BCUT2D eigenvalue weighted by Gasteiger charge is -2.14. The molecule has 1 amide bonds. The molecule has 2 aromatic rings. The molecule has 1 heterocycles. The fourth-order valence-electron chi connectivity index (χ4n) is 2.11. The molecule has 0 unspecified atom stereocenters. The van der Waals surface area contributed by atoms with Crippen LogP contribution < -0.4 is 16.6 Å². The molecule has 0 aliphatic heterocycles. The SMILES string of the molecule is CCc1cccc(CC)c1NC(=O)c1ccc(NN)nn1. The topological polar surface area (TPSA) is 92.9 Å². The van der Waals surface area contributed by atoms with Gasteiger partial charge >= 0.3 is 0 Å². The van der Waals surface area contributed by atoms with Crippen LogP contribution >= 0.6 is 0 Å². The van der Waals surface area contributed by atoms with E-state index in [1.807, 2.05) is 18.2 Å². The second kappa shape index (κ2) is 6.81. The number of carbonyl (C=O) groups is 1. The van der Waals surface area contributed by atoms with Gasteiger partial charge in [0.1, 0.15) is 0 Å². The van der Waals surface area contributed by atoms with E-state index in [2.05, 4.69) is 34.8 Å². The lowest BCUT2D eigenvalue weighted by Crippen LogP contribution is -2.17. The van der Waals surface area contributed by atoms with Crippen LogP contribution in [0.5, 0.6) is 0 Å². The first-order valence-corrected chi connectivity index (χ1v) is 6.92. The third kappa shape index (κ3) is 3.35. The lowest BCUT2D eigenvalue weighted by atomic mass is 10.0. The van der Waals surface area contributed by atoms with Crippen molar-refractivity contribution in [3.8, 4) is 0 Å². The Morgan fingerprint density at radius 2 is 1.76 bits per heavy atom. The van der Waals surface area contributed by atoms with Gasteiger partial charge in [0.2, 0.25) is 0 Å². The van der Waals surface area contributed by atoms with Crippen molar-refractivity contribution in [3.63, 3.8) is 0 Å². The van der Waals surface area contributed by atoms with Crippen LogP contribution in [0.15, 0.2) is 30.3 Å². The third-order valence-electron chi connectivity index (χ3n) is 3.28. The summed E-state index contributed by atoms with van der Waals surface area (Å²) >= 11 is 0. The Kier molecular flexibility index (Phi) is 4.84. The first-order valence-electron chi connectivity index (χ1n) is 6.92. The van der Waals surface area contributed by atoms with Gasteiger partial charge in [-0.05, 0) is 36.1 Å². The number of rotatable bonds is 5. The van der Waals surface area contributed by atoms with Gasteiger partial charge < -0.3 is 10.7 Å². The number of nitrogens with zero attached hydrogens (tertiary/aromatic N) is 2. The van der Waals surface area contributed by atoms with Gasteiger partial charge in [-0.1, -0.05) is 32.0 Å². The summed E-state index contributed by atoms with van der Waals surface area (Å²) in [6, 6.07) is 9.23. The maximum atomic E-state index is 12.3. The molecule has 0 saturated heterocycles. The first kappa shape index (κ1) is 14.9. The highest BCUT2D eigenvalue weighted by atomic mass is 16.1. The number of amides is 1. The molecule has 21 heavy (non-hydrogen) atoms. The number of anilines is 2. The van der Waals surface area contributed by atoms with E-state index in [1.165, 1.54) is 0 Å². The molecule has 1 aromatic heterocycles. The van der Waals surface area contributed by atoms with Crippen molar-refractivity contribution in [2.75, 3.05) is 10.7 Å². The second-order valence-corrected chi connectivity index (χ2v) is 4.56. The van der Waals surface area contributed by atoms with Crippen molar-refractivity contribution >= 4 is 17.4 Å². The first-order chi connectivity index (χ1) is 10.2. The summed E-state index contributed by atoms with van der Waals surface area (Å²) in [5.41, 5.74) is 5.71. The fraction of sp³-hybridized carbons (Fsp3) is 0.267. The predicted molar refractivity (Wildman–Crippen MR) is 83.0 cm³/mol. The summed E-state index contributed by atoms with van der Waals surface area (Å²) in [6.45, 7) is 4.12. The Morgan fingerprint density at radius 1 is 1.10 bits per heavy atom.